The molecule has 34 heavy (non-hydrogen) atoms. The van der Waals surface area contributed by atoms with Crippen LogP contribution in [0.3, 0.4) is 0 Å². The first kappa shape index (κ1) is 23.8. The quantitative estimate of drug-likeness (QED) is 0.348. The first-order valence-electron chi connectivity index (χ1n) is 10.6. The van der Waals surface area contributed by atoms with Gasteiger partial charge in [0.15, 0.2) is 0 Å². The number of anilines is 1. The van der Waals surface area contributed by atoms with E-state index in [-0.39, 0.29) is 35.0 Å². The Kier molecular flexibility index (Phi) is 6.92. The Morgan fingerprint density at radius 2 is 1.76 bits per heavy atom. The average Bonchev–Trinajstić information content (AvgIpc) is 3.47. The molecule has 2 amide bonds. The SMILES string of the molecule is CCOC(=O)c1ccc(N2C(=O)CC(N(Cc3ccccc3)S(=O)(=O)c3cccs3)C2=O)cc1. The van der Waals surface area contributed by atoms with Gasteiger partial charge in [0.05, 0.1) is 24.3 Å². The summed E-state index contributed by atoms with van der Waals surface area (Å²) in [6, 6.07) is 16.7. The first-order valence-corrected chi connectivity index (χ1v) is 12.9. The van der Waals surface area contributed by atoms with Crippen LogP contribution in [0, 0.1) is 0 Å². The van der Waals surface area contributed by atoms with E-state index in [4.69, 9.17) is 4.74 Å². The number of esters is 1. The highest BCUT2D eigenvalue weighted by Crippen LogP contribution is 2.32. The number of benzene rings is 2. The molecule has 0 saturated carbocycles. The second-order valence-electron chi connectivity index (χ2n) is 7.52. The van der Waals surface area contributed by atoms with E-state index in [1.54, 1.807) is 42.6 Å². The lowest BCUT2D eigenvalue weighted by Gasteiger charge is -2.26. The molecule has 4 rings (SSSR count). The fraction of sp³-hybridized carbons (Fsp3) is 0.208. The monoisotopic (exact) mass is 498 g/mol. The van der Waals surface area contributed by atoms with Crippen LogP contribution in [0.15, 0.2) is 76.3 Å². The van der Waals surface area contributed by atoms with Crippen molar-refractivity contribution in [1.29, 1.82) is 0 Å². The van der Waals surface area contributed by atoms with Crippen molar-refractivity contribution in [1.82, 2.24) is 4.31 Å². The summed E-state index contributed by atoms with van der Waals surface area (Å²) in [6.07, 6.45) is -0.282. The number of carbonyl (C=O) groups is 3. The number of sulfonamides is 1. The van der Waals surface area contributed by atoms with Crippen molar-refractivity contribution in [3.8, 4) is 0 Å². The van der Waals surface area contributed by atoms with Crippen molar-refractivity contribution in [3.63, 3.8) is 0 Å². The van der Waals surface area contributed by atoms with E-state index in [1.807, 2.05) is 6.07 Å². The molecule has 0 spiro atoms. The third-order valence-corrected chi connectivity index (χ3v) is 8.57. The molecule has 10 heteroatoms. The molecule has 1 aromatic heterocycles. The normalized spacial score (nSPS) is 16.3. The summed E-state index contributed by atoms with van der Waals surface area (Å²) in [5.41, 5.74) is 1.24. The predicted octanol–water partition coefficient (Wildman–Crippen LogP) is 3.45. The Bertz CT molecular complexity index is 1290. The third kappa shape index (κ3) is 4.65. The zero-order chi connectivity index (χ0) is 24.3. The minimum absolute atomic E-state index is 0.0552. The van der Waals surface area contributed by atoms with Gasteiger partial charge in [-0.05, 0) is 48.2 Å². The lowest BCUT2D eigenvalue weighted by molar-refractivity contribution is -0.122. The smallest absolute Gasteiger partial charge is 0.338 e. The summed E-state index contributed by atoms with van der Waals surface area (Å²) >= 11 is 1.05. The van der Waals surface area contributed by atoms with Crippen LogP contribution in [0.1, 0.15) is 29.3 Å². The molecule has 176 valence electrons. The van der Waals surface area contributed by atoms with Gasteiger partial charge >= 0.3 is 5.97 Å². The topological polar surface area (TPSA) is 101 Å². The molecule has 0 bridgehead atoms. The van der Waals surface area contributed by atoms with Gasteiger partial charge in [-0.25, -0.2) is 18.1 Å². The zero-order valence-electron chi connectivity index (χ0n) is 18.3. The summed E-state index contributed by atoms with van der Waals surface area (Å²) in [7, 11) is -4.03. The van der Waals surface area contributed by atoms with E-state index in [9.17, 15) is 22.8 Å². The summed E-state index contributed by atoms with van der Waals surface area (Å²) in [4.78, 5) is 39.2. The first-order chi connectivity index (χ1) is 16.3. The molecule has 0 radical (unpaired) electrons. The van der Waals surface area contributed by atoms with Gasteiger partial charge in [0.2, 0.25) is 5.91 Å². The van der Waals surface area contributed by atoms with Crippen LogP contribution in [-0.4, -0.2) is 43.2 Å². The van der Waals surface area contributed by atoms with E-state index in [0.29, 0.717) is 5.56 Å². The van der Waals surface area contributed by atoms with Crippen LogP contribution in [-0.2, 0) is 30.9 Å². The van der Waals surface area contributed by atoms with Gasteiger partial charge in [0.1, 0.15) is 10.3 Å². The molecule has 1 unspecified atom stereocenters. The molecule has 1 aliphatic rings. The number of thiophene rings is 1. The minimum atomic E-state index is -4.03. The third-order valence-electron chi connectivity index (χ3n) is 5.35. The molecule has 8 nitrogen and oxygen atoms in total. The van der Waals surface area contributed by atoms with Crippen LogP contribution in [0.2, 0.25) is 0 Å². The number of rotatable bonds is 8. The summed E-state index contributed by atoms with van der Waals surface area (Å²) in [5.74, 6) is -1.66. The van der Waals surface area contributed by atoms with Crippen LogP contribution < -0.4 is 4.90 Å². The van der Waals surface area contributed by atoms with Gasteiger partial charge < -0.3 is 4.74 Å². The highest BCUT2D eigenvalue weighted by atomic mass is 32.2. The summed E-state index contributed by atoms with van der Waals surface area (Å²) in [5, 5.41) is 1.65. The van der Waals surface area contributed by atoms with Crippen LogP contribution in [0.4, 0.5) is 5.69 Å². The number of imide groups is 1. The van der Waals surface area contributed by atoms with Crippen molar-refractivity contribution in [2.45, 2.75) is 30.1 Å². The van der Waals surface area contributed by atoms with E-state index in [0.717, 1.165) is 20.5 Å². The lowest BCUT2D eigenvalue weighted by atomic mass is 10.2. The maximum Gasteiger partial charge on any atom is 0.338 e. The van der Waals surface area contributed by atoms with Gasteiger partial charge in [-0.3, -0.25) is 9.59 Å². The average molecular weight is 499 g/mol. The van der Waals surface area contributed by atoms with E-state index in [2.05, 4.69) is 0 Å². The summed E-state index contributed by atoms with van der Waals surface area (Å²) < 4.78 is 33.1. The molecule has 0 aliphatic carbocycles. The predicted molar refractivity (Wildman–Crippen MR) is 127 cm³/mol. The largest absolute Gasteiger partial charge is 0.462 e. The number of carbonyl (C=O) groups excluding carboxylic acids is 3. The van der Waals surface area contributed by atoms with Gasteiger partial charge in [0, 0.05) is 6.54 Å². The van der Waals surface area contributed by atoms with Gasteiger partial charge in [-0.15, -0.1) is 11.3 Å². The number of hydrogen-bond donors (Lipinski definition) is 0. The Labute approximate surface area is 201 Å². The second kappa shape index (κ2) is 9.88. The highest BCUT2D eigenvalue weighted by Gasteiger charge is 2.47. The maximum absolute atomic E-state index is 13.5. The Morgan fingerprint density at radius 1 is 1.06 bits per heavy atom. The molecular formula is C24H22N2O6S2. The molecule has 2 heterocycles. The lowest BCUT2D eigenvalue weighted by Crippen LogP contribution is -2.44. The van der Waals surface area contributed by atoms with Crippen molar-refractivity contribution >= 4 is 44.8 Å². The fourth-order valence-electron chi connectivity index (χ4n) is 3.73. The minimum Gasteiger partial charge on any atom is -0.462 e. The highest BCUT2D eigenvalue weighted by molar-refractivity contribution is 7.91. The molecule has 2 aromatic carbocycles. The van der Waals surface area contributed by atoms with Crippen LogP contribution >= 0.6 is 11.3 Å². The van der Waals surface area contributed by atoms with E-state index in [1.165, 1.54) is 30.3 Å². The molecule has 1 fully saturated rings. The Hall–Kier alpha value is -3.34. The molecule has 3 aromatic rings. The second-order valence-corrected chi connectivity index (χ2v) is 10.6. The zero-order valence-corrected chi connectivity index (χ0v) is 19.9. The van der Waals surface area contributed by atoms with E-state index >= 15 is 0 Å². The molecule has 1 aliphatic heterocycles. The van der Waals surface area contributed by atoms with Crippen LogP contribution in [0.5, 0.6) is 0 Å². The van der Waals surface area contributed by atoms with Crippen LogP contribution in [0.25, 0.3) is 0 Å². The molecule has 0 N–H and O–H groups in total. The number of hydrogen-bond acceptors (Lipinski definition) is 7. The van der Waals surface area contributed by atoms with Crippen molar-refractivity contribution < 1.29 is 27.5 Å². The molecular weight excluding hydrogens is 476 g/mol. The van der Waals surface area contributed by atoms with Crippen molar-refractivity contribution in [3.05, 3.63) is 83.2 Å². The van der Waals surface area contributed by atoms with Gasteiger partial charge in [-0.2, -0.15) is 4.31 Å². The summed E-state index contributed by atoms with van der Waals surface area (Å²) in [6.45, 7) is 1.86. The van der Waals surface area contributed by atoms with E-state index < -0.39 is 33.8 Å². The number of amides is 2. The maximum atomic E-state index is 13.5. The number of nitrogens with zero attached hydrogens (tertiary/aromatic N) is 2. The van der Waals surface area contributed by atoms with Crippen molar-refractivity contribution in [2.75, 3.05) is 11.5 Å². The fourth-order valence-corrected chi connectivity index (χ4v) is 6.41. The van der Waals surface area contributed by atoms with Gasteiger partial charge in [0.25, 0.3) is 15.9 Å². The Morgan fingerprint density at radius 3 is 2.38 bits per heavy atom. The van der Waals surface area contributed by atoms with Crippen molar-refractivity contribution in [2.24, 2.45) is 0 Å². The number of ether oxygens (including phenoxy) is 1. The molecule has 1 saturated heterocycles. The molecule has 1 atom stereocenters. The standard InChI is InChI=1S/C24H22N2O6S2/c1-2-32-24(29)18-10-12-19(13-11-18)26-21(27)15-20(23(26)28)25(16-17-7-4-3-5-8-17)34(30,31)22-9-6-14-33-22/h3-14,20H,2,15-16H2,1H3. The van der Waals surface area contributed by atoms with Gasteiger partial charge in [-0.1, -0.05) is 36.4 Å². The Balaban J connectivity index is 1.66.